The Balaban J connectivity index is 3.03. The van der Waals surface area contributed by atoms with Gasteiger partial charge >= 0.3 is 0 Å². The lowest BCUT2D eigenvalue weighted by Gasteiger charge is -2.20. The summed E-state index contributed by atoms with van der Waals surface area (Å²) in [6.45, 7) is 2.14. The fraction of sp³-hybridized carbons (Fsp3) is 0.417. The molecule has 96 valence electrons. The Morgan fingerprint density at radius 1 is 1.61 bits per heavy atom. The van der Waals surface area contributed by atoms with Crippen LogP contribution in [0.5, 0.6) is 0 Å². The van der Waals surface area contributed by atoms with Gasteiger partial charge < -0.3 is 10.0 Å². The highest BCUT2D eigenvalue weighted by molar-refractivity contribution is 5.65. The van der Waals surface area contributed by atoms with Crippen molar-refractivity contribution in [3.05, 3.63) is 33.9 Å². The van der Waals surface area contributed by atoms with Crippen LogP contribution in [0.15, 0.2) is 18.2 Å². The van der Waals surface area contributed by atoms with Crippen LogP contribution in [-0.2, 0) is 0 Å². The van der Waals surface area contributed by atoms with E-state index in [-0.39, 0.29) is 5.69 Å². The van der Waals surface area contributed by atoms with Crippen molar-refractivity contribution in [3.63, 3.8) is 0 Å². The summed E-state index contributed by atoms with van der Waals surface area (Å²) in [6, 6.07) is 6.19. The SMILES string of the molecule is CC(O)CCN(C)c1cc(C#N)ccc1[N+](=O)[O-]. The predicted molar refractivity (Wildman–Crippen MR) is 67.4 cm³/mol. The molecule has 1 atom stereocenters. The molecule has 0 heterocycles. The predicted octanol–water partition coefficient (Wildman–Crippen LogP) is 1.67. The van der Waals surface area contributed by atoms with Gasteiger partial charge in [-0.15, -0.1) is 0 Å². The lowest BCUT2D eigenvalue weighted by atomic mass is 10.1. The molecule has 1 N–H and O–H groups in total. The van der Waals surface area contributed by atoms with E-state index in [0.29, 0.717) is 24.2 Å². The molecule has 1 rings (SSSR count). The van der Waals surface area contributed by atoms with Crippen LogP contribution in [0.4, 0.5) is 11.4 Å². The lowest BCUT2D eigenvalue weighted by Crippen LogP contribution is -2.22. The minimum atomic E-state index is -0.477. The Kier molecular flexibility index (Phi) is 4.63. The highest BCUT2D eigenvalue weighted by Crippen LogP contribution is 2.28. The minimum absolute atomic E-state index is 0.0397. The standard InChI is InChI=1S/C12H15N3O3/c1-9(16)5-6-14(2)12-7-10(8-13)3-4-11(12)15(17)18/h3-4,7,9,16H,5-6H2,1-2H3. The summed E-state index contributed by atoms with van der Waals surface area (Å²) < 4.78 is 0. The first-order chi connectivity index (χ1) is 8.45. The van der Waals surface area contributed by atoms with Gasteiger partial charge in [0, 0.05) is 19.7 Å². The molecule has 0 spiro atoms. The van der Waals surface area contributed by atoms with Crippen molar-refractivity contribution in [2.45, 2.75) is 19.4 Å². The number of rotatable bonds is 5. The summed E-state index contributed by atoms with van der Waals surface area (Å²) in [5, 5.41) is 28.9. The van der Waals surface area contributed by atoms with Crippen molar-refractivity contribution < 1.29 is 10.0 Å². The third kappa shape index (κ3) is 3.43. The Morgan fingerprint density at radius 3 is 2.78 bits per heavy atom. The van der Waals surface area contributed by atoms with Crippen LogP contribution in [-0.4, -0.2) is 29.7 Å². The van der Waals surface area contributed by atoms with Gasteiger partial charge in [-0.3, -0.25) is 10.1 Å². The van der Waals surface area contributed by atoms with Gasteiger partial charge in [0.15, 0.2) is 0 Å². The van der Waals surface area contributed by atoms with Gasteiger partial charge in [-0.1, -0.05) is 0 Å². The maximum atomic E-state index is 10.9. The first kappa shape index (κ1) is 13.9. The van der Waals surface area contributed by atoms with Gasteiger partial charge in [0.25, 0.3) is 5.69 Å². The molecule has 0 aliphatic heterocycles. The van der Waals surface area contributed by atoms with Crippen molar-refractivity contribution >= 4 is 11.4 Å². The van der Waals surface area contributed by atoms with Gasteiger partial charge in [0.2, 0.25) is 0 Å². The number of benzene rings is 1. The van der Waals surface area contributed by atoms with Gasteiger partial charge in [-0.25, -0.2) is 0 Å². The van der Waals surface area contributed by atoms with Crippen LogP contribution in [0.1, 0.15) is 18.9 Å². The minimum Gasteiger partial charge on any atom is -0.393 e. The third-order valence-electron chi connectivity index (χ3n) is 2.59. The number of nitro benzene ring substituents is 1. The molecule has 0 aliphatic rings. The summed E-state index contributed by atoms with van der Waals surface area (Å²) in [5.41, 5.74) is 0.723. The van der Waals surface area contributed by atoms with E-state index in [1.807, 2.05) is 6.07 Å². The number of nitriles is 1. The first-order valence-electron chi connectivity index (χ1n) is 5.53. The quantitative estimate of drug-likeness (QED) is 0.633. The molecule has 0 fully saturated rings. The second-order valence-corrected chi connectivity index (χ2v) is 4.13. The molecule has 0 saturated carbocycles. The highest BCUT2D eigenvalue weighted by Gasteiger charge is 2.17. The number of aliphatic hydroxyl groups is 1. The van der Waals surface area contributed by atoms with Crippen LogP contribution in [0.25, 0.3) is 0 Å². The molecule has 0 radical (unpaired) electrons. The third-order valence-corrected chi connectivity index (χ3v) is 2.59. The molecular weight excluding hydrogens is 234 g/mol. The van der Waals surface area contributed by atoms with Gasteiger partial charge in [-0.2, -0.15) is 5.26 Å². The topological polar surface area (TPSA) is 90.4 Å². The van der Waals surface area contributed by atoms with Crippen molar-refractivity contribution in [1.82, 2.24) is 0 Å². The Labute approximate surface area is 105 Å². The zero-order chi connectivity index (χ0) is 13.7. The monoisotopic (exact) mass is 249 g/mol. The maximum absolute atomic E-state index is 10.9. The Morgan fingerprint density at radius 2 is 2.28 bits per heavy atom. The Bertz CT molecular complexity index is 480. The number of nitrogens with zero attached hydrogens (tertiary/aromatic N) is 3. The fourth-order valence-corrected chi connectivity index (χ4v) is 1.55. The number of nitro groups is 1. The number of hydrogen-bond acceptors (Lipinski definition) is 5. The average Bonchev–Trinajstić information content (AvgIpc) is 2.34. The highest BCUT2D eigenvalue weighted by atomic mass is 16.6. The zero-order valence-electron chi connectivity index (χ0n) is 10.3. The molecule has 0 amide bonds. The lowest BCUT2D eigenvalue weighted by molar-refractivity contribution is -0.384. The summed E-state index contributed by atoms with van der Waals surface area (Å²) in [4.78, 5) is 12.1. The molecule has 1 aromatic carbocycles. The van der Waals surface area contributed by atoms with Crippen molar-refractivity contribution in [2.75, 3.05) is 18.5 Å². The molecule has 0 bridgehead atoms. The average molecular weight is 249 g/mol. The van der Waals surface area contributed by atoms with E-state index in [1.54, 1.807) is 18.9 Å². The second-order valence-electron chi connectivity index (χ2n) is 4.13. The van der Waals surface area contributed by atoms with Gasteiger partial charge in [0.1, 0.15) is 5.69 Å². The van der Waals surface area contributed by atoms with Crippen LogP contribution >= 0.6 is 0 Å². The van der Waals surface area contributed by atoms with Gasteiger partial charge in [-0.05, 0) is 25.5 Å². The van der Waals surface area contributed by atoms with E-state index in [4.69, 9.17) is 5.26 Å². The molecule has 0 saturated heterocycles. The maximum Gasteiger partial charge on any atom is 0.292 e. The van der Waals surface area contributed by atoms with Crippen LogP contribution in [0.2, 0.25) is 0 Å². The largest absolute Gasteiger partial charge is 0.393 e. The number of aliphatic hydroxyl groups excluding tert-OH is 1. The first-order valence-corrected chi connectivity index (χ1v) is 5.53. The van der Waals surface area contributed by atoms with E-state index < -0.39 is 11.0 Å². The molecule has 1 unspecified atom stereocenters. The molecule has 0 aliphatic carbocycles. The van der Waals surface area contributed by atoms with E-state index >= 15 is 0 Å². The molecule has 6 heteroatoms. The van der Waals surface area contributed by atoms with E-state index in [9.17, 15) is 15.2 Å². The van der Waals surface area contributed by atoms with Crippen molar-refractivity contribution in [1.29, 1.82) is 5.26 Å². The summed E-state index contributed by atoms with van der Waals surface area (Å²) in [5.74, 6) is 0. The molecule has 18 heavy (non-hydrogen) atoms. The summed E-state index contributed by atoms with van der Waals surface area (Å²) in [6.07, 6.45) is 0.0374. The molecule has 0 aromatic heterocycles. The second kappa shape index (κ2) is 5.98. The zero-order valence-corrected chi connectivity index (χ0v) is 10.3. The van der Waals surface area contributed by atoms with Crippen LogP contribution in [0, 0.1) is 21.4 Å². The smallest absolute Gasteiger partial charge is 0.292 e. The molecule has 6 nitrogen and oxygen atoms in total. The van der Waals surface area contributed by atoms with Crippen molar-refractivity contribution in [3.8, 4) is 6.07 Å². The fourth-order valence-electron chi connectivity index (χ4n) is 1.55. The summed E-state index contributed by atoms with van der Waals surface area (Å²) >= 11 is 0. The normalized spacial score (nSPS) is 11.7. The van der Waals surface area contributed by atoms with E-state index in [1.165, 1.54) is 18.2 Å². The van der Waals surface area contributed by atoms with E-state index in [0.717, 1.165) is 0 Å². The Hall–Kier alpha value is -2.13. The summed E-state index contributed by atoms with van der Waals surface area (Å²) in [7, 11) is 1.70. The van der Waals surface area contributed by atoms with E-state index in [2.05, 4.69) is 0 Å². The van der Waals surface area contributed by atoms with Gasteiger partial charge in [0.05, 0.1) is 22.7 Å². The molecule has 1 aromatic rings. The van der Waals surface area contributed by atoms with Crippen molar-refractivity contribution in [2.24, 2.45) is 0 Å². The van der Waals surface area contributed by atoms with Crippen LogP contribution < -0.4 is 4.90 Å². The number of hydrogen-bond donors (Lipinski definition) is 1. The van der Waals surface area contributed by atoms with Crippen LogP contribution in [0.3, 0.4) is 0 Å². The molecular formula is C12H15N3O3. The number of anilines is 1.